The van der Waals surface area contributed by atoms with E-state index in [4.69, 9.17) is 4.74 Å². The van der Waals surface area contributed by atoms with E-state index in [1.807, 2.05) is 0 Å². The molecule has 0 saturated heterocycles. The molecule has 4 rings (SSSR count). The van der Waals surface area contributed by atoms with Gasteiger partial charge in [0, 0.05) is 24.0 Å². The number of fused-ring (bicyclic) bond motifs is 3. The van der Waals surface area contributed by atoms with E-state index in [-0.39, 0.29) is 23.2 Å². The fourth-order valence-corrected chi connectivity index (χ4v) is 3.37. The first-order chi connectivity index (χ1) is 14.3. The molecule has 30 heavy (non-hydrogen) atoms. The standard InChI is InChI=1S/C20H17N5O5/c1-4-30-20(27)17-12(3)22-24-15-7-8-23(19(26)14(15)10-21-18(17)24)13-6-5-11(2)16(9-13)25(28)29/h5-10H,4H2,1-3H3. The van der Waals surface area contributed by atoms with Gasteiger partial charge >= 0.3 is 5.97 Å². The maximum absolute atomic E-state index is 13.1. The normalized spacial score (nSPS) is 11.2. The Balaban J connectivity index is 1.94. The number of hydrogen-bond acceptors (Lipinski definition) is 7. The van der Waals surface area contributed by atoms with Crippen LogP contribution in [0.1, 0.15) is 28.5 Å². The molecule has 0 amide bonds. The van der Waals surface area contributed by atoms with Crippen molar-refractivity contribution in [3.8, 4) is 5.69 Å². The number of nitro benzene ring substituents is 1. The molecule has 4 aromatic rings. The van der Waals surface area contributed by atoms with Crippen molar-refractivity contribution < 1.29 is 14.5 Å². The largest absolute Gasteiger partial charge is 0.462 e. The van der Waals surface area contributed by atoms with Gasteiger partial charge in [0.1, 0.15) is 5.56 Å². The van der Waals surface area contributed by atoms with Crippen LogP contribution in [0, 0.1) is 24.0 Å². The number of ether oxygens (including phenoxy) is 1. The third-order valence-corrected chi connectivity index (χ3v) is 4.83. The van der Waals surface area contributed by atoms with E-state index >= 15 is 0 Å². The average Bonchev–Trinajstić information content (AvgIpc) is 3.05. The first-order valence-corrected chi connectivity index (χ1v) is 9.15. The van der Waals surface area contributed by atoms with E-state index in [1.165, 1.54) is 27.5 Å². The van der Waals surface area contributed by atoms with Crippen LogP contribution in [0.5, 0.6) is 0 Å². The predicted molar refractivity (Wildman–Crippen MR) is 108 cm³/mol. The topological polar surface area (TPSA) is 122 Å². The molecule has 0 unspecified atom stereocenters. The zero-order valence-corrected chi connectivity index (χ0v) is 16.4. The fourth-order valence-electron chi connectivity index (χ4n) is 3.37. The highest BCUT2D eigenvalue weighted by molar-refractivity contribution is 5.98. The molecule has 0 N–H and O–H groups in total. The number of benzene rings is 1. The SMILES string of the molecule is CCOC(=O)c1c(C)nn2c1ncc1c(=O)n(-c3ccc(C)c([N+](=O)[O-])c3)ccc12. The van der Waals surface area contributed by atoms with E-state index < -0.39 is 16.5 Å². The Hall–Kier alpha value is -4.08. The van der Waals surface area contributed by atoms with Gasteiger partial charge in [-0.2, -0.15) is 5.10 Å². The Labute approximate surface area is 169 Å². The molecule has 10 heteroatoms. The molecule has 0 aliphatic heterocycles. The highest BCUT2D eigenvalue weighted by Gasteiger charge is 2.21. The van der Waals surface area contributed by atoms with Crippen molar-refractivity contribution in [1.82, 2.24) is 19.2 Å². The number of carbonyl (C=O) groups excluding carboxylic acids is 1. The van der Waals surface area contributed by atoms with Gasteiger partial charge in [0.2, 0.25) is 0 Å². The molecule has 3 heterocycles. The lowest BCUT2D eigenvalue weighted by Crippen LogP contribution is -2.19. The van der Waals surface area contributed by atoms with E-state index in [0.717, 1.165) is 0 Å². The molecule has 0 spiro atoms. The molecule has 0 atom stereocenters. The summed E-state index contributed by atoms with van der Waals surface area (Å²) in [5, 5.41) is 15.9. The van der Waals surface area contributed by atoms with Crippen LogP contribution in [0.15, 0.2) is 41.5 Å². The third kappa shape index (κ3) is 2.89. The average molecular weight is 407 g/mol. The lowest BCUT2D eigenvalue weighted by Gasteiger charge is -2.09. The van der Waals surface area contributed by atoms with Gasteiger partial charge in [0.05, 0.1) is 33.8 Å². The fraction of sp³-hybridized carbons (Fsp3) is 0.200. The van der Waals surface area contributed by atoms with Crippen LogP contribution in [-0.2, 0) is 4.74 Å². The summed E-state index contributed by atoms with van der Waals surface area (Å²) in [5.74, 6) is -0.530. The summed E-state index contributed by atoms with van der Waals surface area (Å²) in [7, 11) is 0. The highest BCUT2D eigenvalue weighted by atomic mass is 16.6. The second-order valence-electron chi connectivity index (χ2n) is 6.69. The van der Waals surface area contributed by atoms with Crippen LogP contribution < -0.4 is 5.56 Å². The Morgan fingerprint density at radius 3 is 2.73 bits per heavy atom. The minimum atomic E-state index is -0.530. The highest BCUT2D eigenvalue weighted by Crippen LogP contribution is 2.23. The second-order valence-corrected chi connectivity index (χ2v) is 6.69. The zero-order chi connectivity index (χ0) is 21.6. The number of esters is 1. The van der Waals surface area contributed by atoms with Crippen LogP contribution in [0.25, 0.3) is 22.2 Å². The summed E-state index contributed by atoms with van der Waals surface area (Å²) in [5.41, 5.74) is 1.82. The first-order valence-electron chi connectivity index (χ1n) is 9.15. The Bertz CT molecular complexity index is 1400. The molecule has 1 aromatic carbocycles. The summed E-state index contributed by atoms with van der Waals surface area (Å²) in [6.45, 7) is 5.22. The molecule has 0 bridgehead atoms. The number of rotatable bonds is 4. The third-order valence-electron chi connectivity index (χ3n) is 4.83. The van der Waals surface area contributed by atoms with Gasteiger partial charge in [-0.1, -0.05) is 6.07 Å². The summed E-state index contributed by atoms with van der Waals surface area (Å²) >= 11 is 0. The summed E-state index contributed by atoms with van der Waals surface area (Å²) in [6.07, 6.45) is 2.88. The molecule has 3 aromatic heterocycles. The number of nitrogens with zero attached hydrogens (tertiary/aromatic N) is 5. The molecular weight excluding hydrogens is 390 g/mol. The number of pyridine rings is 1. The summed E-state index contributed by atoms with van der Waals surface area (Å²) in [6, 6.07) is 6.23. The molecule has 0 radical (unpaired) electrons. The van der Waals surface area contributed by atoms with Crippen LogP contribution in [0.3, 0.4) is 0 Å². The van der Waals surface area contributed by atoms with Crippen molar-refractivity contribution in [2.45, 2.75) is 20.8 Å². The van der Waals surface area contributed by atoms with Crippen LogP contribution in [-0.4, -0.2) is 36.7 Å². The van der Waals surface area contributed by atoms with Crippen LogP contribution >= 0.6 is 0 Å². The van der Waals surface area contributed by atoms with Gasteiger partial charge in [-0.3, -0.25) is 19.5 Å². The van der Waals surface area contributed by atoms with Crippen molar-refractivity contribution in [2.24, 2.45) is 0 Å². The molecular formula is C20H17N5O5. The van der Waals surface area contributed by atoms with E-state index in [1.54, 1.807) is 39.0 Å². The van der Waals surface area contributed by atoms with E-state index in [2.05, 4.69) is 10.1 Å². The van der Waals surface area contributed by atoms with E-state index in [0.29, 0.717) is 28.1 Å². The maximum atomic E-state index is 13.1. The monoisotopic (exact) mass is 407 g/mol. The van der Waals surface area contributed by atoms with Gasteiger partial charge in [-0.15, -0.1) is 0 Å². The quantitative estimate of drug-likeness (QED) is 0.290. The van der Waals surface area contributed by atoms with Crippen molar-refractivity contribution in [3.63, 3.8) is 0 Å². The number of aromatic nitrogens is 4. The predicted octanol–water partition coefficient (Wildman–Crippen LogP) is 2.74. The molecule has 0 aliphatic carbocycles. The number of nitro groups is 1. The number of aryl methyl sites for hydroxylation is 2. The molecule has 10 nitrogen and oxygen atoms in total. The second kappa shape index (κ2) is 7.07. The zero-order valence-electron chi connectivity index (χ0n) is 16.4. The lowest BCUT2D eigenvalue weighted by molar-refractivity contribution is -0.385. The van der Waals surface area contributed by atoms with Gasteiger partial charge in [0.25, 0.3) is 11.2 Å². The van der Waals surface area contributed by atoms with Crippen molar-refractivity contribution in [1.29, 1.82) is 0 Å². The van der Waals surface area contributed by atoms with Gasteiger partial charge < -0.3 is 4.74 Å². The van der Waals surface area contributed by atoms with Gasteiger partial charge in [-0.05, 0) is 32.9 Å². The van der Waals surface area contributed by atoms with E-state index in [9.17, 15) is 19.7 Å². The van der Waals surface area contributed by atoms with Gasteiger partial charge in [-0.25, -0.2) is 14.3 Å². The van der Waals surface area contributed by atoms with Crippen LogP contribution in [0.2, 0.25) is 0 Å². The molecule has 0 fully saturated rings. The summed E-state index contributed by atoms with van der Waals surface area (Å²) in [4.78, 5) is 40.4. The number of hydrogen-bond donors (Lipinski definition) is 0. The smallest absolute Gasteiger partial charge is 0.343 e. The lowest BCUT2D eigenvalue weighted by atomic mass is 10.1. The van der Waals surface area contributed by atoms with Crippen molar-refractivity contribution in [2.75, 3.05) is 6.61 Å². The summed E-state index contributed by atoms with van der Waals surface area (Å²) < 4.78 is 7.82. The first kappa shape index (κ1) is 19.2. The van der Waals surface area contributed by atoms with Crippen molar-refractivity contribution >= 4 is 28.2 Å². The molecule has 0 aliphatic rings. The minimum absolute atomic E-state index is 0.0742. The Morgan fingerprint density at radius 1 is 1.27 bits per heavy atom. The van der Waals surface area contributed by atoms with Crippen LogP contribution in [0.4, 0.5) is 5.69 Å². The molecule has 0 saturated carbocycles. The minimum Gasteiger partial charge on any atom is -0.462 e. The van der Waals surface area contributed by atoms with Gasteiger partial charge in [0.15, 0.2) is 5.65 Å². The Morgan fingerprint density at radius 2 is 2.03 bits per heavy atom. The molecule has 152 valence electrons. The van der Waals surface area contributed by atoms with Crippen molar-refractivity contribution in [3.05, 3.63) is 73.9 Å². The maximum Gasteiger partial charge on any atom is 0.343 e. The number of carbonyl (C=O) groups is 1. The Kier molecular flexibility index (Phi) is 4.53.